The molecule has 2 nitrogen and oxygen atoms in total. The Morgan fingerprint density at radius 2 is 2.10 bits per heavy atom. The van der Waals surface area contributed by atoms with Gasteiger partial charge in [0.05, 0.1) is 7.11 Å². The molecule has 0 aromatic heterocycles. The highest BCUT2D eigenvalue weighted by molar-refractivity contribution is 6.48. The molecule has 0 fully saturated rings. The van der Waals surface area contributed by atoms with E-state index in [0.717, 1.165) is 0 Å². The first-order valence-electron chi connectivity index (χ1n) is 2.31. The number of methoxy groups -OCH3 is 1. The van der Waals surface area contributed by atoms with Crippen LogP contribution in [0.3, 0.4) is 0 Å². The number of ether oxygens (including phenoxy) is 1. The molecule has 0 radical (unpaired) electrons. The summed E-state index contributed by atoms with van der Waals surface area (Å²) in [7, 11) is 1.22. The van der Waals surface area contributed by atoms with Crippen molar-refractivity contribution in [2.45, 2.75) is 4.84 Å². The maximum atomic E-state index is 10.5. The van der Waals surface area contributed by atoms with Crippen LogP contribution in [0.15, 0.2) is 11.1 Å². The van der Waals surface area contributed by atoms with Crippen LogP contribution in [-0.2, 0) is 9.53 Å². The van der Waals surface area contributed by atoms with Crippen LogP contribution in [-0.4, -0.2) is 17.9 Å². The fourth-order valence-electron chi connectivity index (χ4n) is 0.276. The predicted molar refractivity (Wildman–Crippen MR) is 41.4 cm³/mol. The molecule has 0 bridgehead atoms. The van der Waals surface area contributed by atoms with Crippen molar-refractivity contribution >= 4 is 40.8 Å². The second kappa shape index (κ2) is 4.83. The maximum absolute atomic E-state index is 10.5. The third-order valence-corrected chi connectivity index (χ3v) is 1.18. The number of hydrogen-bond donors (Lipinski definition) is 0. The van der Waals surface area contributed by atoms with Crippen LogP contribution in [0.2, 0.25) is 0 Å². The third-order valence-electron chi connectivity index (χ3n) is 0.653. The van der Waals surface area contributed by atoms with Crippen molar-refractivity contribution in [3.8, 4) is 0 Å². The van der Waals surface area contributed by atoms with Crippen molar-refractivity contribution in [1.29, 1.82) is 0 Å². The van der Waals surface area contributed by atoms with Crippen LogP contribution in [0.1, 0.15) is 0 Å². The first-order valence-corrected chi connectivity index (χ1v) is 3.56. The van der Waals surface area contributed by atoms with Crippen LogP contribution < -0.4 is 0 Å². The molecule has 0 aliphatic heterocycles. The molecule has 0 rings (SSSR count). The molecule has 0 atom stereocenters. The fraction of sp³-hybridized carbons (Fsp3) is 0.400. The zero-order valence-electron chi connectivity index (χ0n) is 5.11. The lowest BCUT2D eigenvalue weighted by Gasteiger charge is -1.95. The molecule has 0 spiro atoms. The van der Waals surface area contributed by atoms with E-state index < -0.39 is 10.8 Å². The number of rotatable bonds is 2. The zero-order valence-corrected chi connectivity index (χ0v) is 7.37. The summed E-state index contributed by atoms with van der Waals surface area (Å²) >= 11 is 15.9. The van der Waals surface area contributed by atoms with Crippen LogP contribution in [0.4, 0.5) is 0 Å². The van der Waals surface area contributed by atoms with E-state index in [9.17, 15) is 4.79 Å². The molecule has 0 aliphatic rings. The fourth-order valence-corrected chi connectivity index (χ4v) is 0.860. The average molecular weight is 203 g/mol. The normalized spacial score (nSPS) is 11.9. The topological polar surface area (TPSA) is 26.3 Å². The molecule has 0 unspecified atom stereocenters. The Morgan fingerprint density at radius 1 is 1.60 bits per heavy atom. The van der Waals surface area contributed by atoms with Gasteiger partial charge in [0.25, 0.3) is 0 Å². The molecule has 0 heterocycles. The van der Waals surface area contributed by atoms with Crippen LogP contribution in [0.5, 0.6) is 0 Å². The van der Waals surface area contributed by atoms with E-state index in [4.69, 9.17) is 34.8 Å². The monoisotopic (exact) mass is 202 g/mol. The number of halogens is 3. The number of hydrogen-bond acceptors (Lipinski definition) is 2. The number of allylic oxidation sites excluding steroid dienone is 1. The summed E-state index contributed by atoms with van der Waals surface area (Å²) in [5, 5.41) is -0.113. The Hall–Kier alpha value is 0.0800. The van der Waals surface area contributed by atoms with Gasteiger partial charge in [-0.1, -0.05) is 11.6 Å². The summed E-state index contributed by atoms with van der Waals surface area (Å²) in [6.45, 7) is 0. The van der Waals surface area contributed by atoms with Gasteiger partial charge in [-0.2, -0.15) is 0 Å². The van der Waals surface area contributed by atoms with Gasteiger partial charge in [-0.25, -0.2) is 4.79 Å². The van der Waals surface area contributed by atoms with E-state index in [1.165, 1.54) is 13.2 Å². The Kier molecular flexibility index (Phi) is 4.87. The molecule has 0 aromatic carbocycles. The summed E-state index contributed by atoms with van der Waals surface area (Å²) in [5.41, 5.74) is 0. The number of esters is 1. The molecule has 0 aliphatic carbocycles. The Balaban J connectivity index is 4.05. The van der Waals surface area contributed by atoms with E-state index in [2.05, 4.69) is 4.74 Å². The molecule has 10 heavy (non-hydrogen) atoms. The summed E-state index contributed by atoms with van der Waals surface area (Å²) in [5.74, 6) is -0.645. The van der Waals surface area contributed by atoms with Crippen LogP contribution >= 0.6 is 34.8 Å². The predicted octanol–water partition coefficient (Wildman–Crippen LogP) is 2.09. The van der Waals surface area contributed by atoms with Gasteiger partial charge in [-0.05, 0) is 6.08 Å². The smallest absolute Gasteiger partial charge is 0.349 e. The lowest BCUT2D eigenvalue weighted by Crippen LogP contribution is -2.00. The summed E-state index contributed by atoms with van der Waals surface area (Å²) in [4.78, 5) is 9.72. The van der Waals surface area contributed by atoms with Crippen LogP contribution in [0, 0.1) is 0 Å². The van der Waals surface area contributed by atoms with Crippen molar-refractivity contribution in [2.24, 2.45) is 0 Å². The Bertz CT molecular complexity index is 153. The van der Waals surface area contributed by atoms with Crippen LogP contribution in [0.25, 0.3) is 0 Å². The second-order valence-corrected chi connectivity index (χ2v) is 2.91. The second-order valence-electron chi connectivity index (χ2n) is 1.34. The van der Waals surface area contributed by atoms with Gasteiger partial charge in [0.2, 0.25) is 0 Å². The minimum absolute atomic E-state index is 0.113. The van der Waals surface area contributed by atoms with Gasteiger partial charge in [0.1, 0.15) is 9.87 Å². The highest BCUT2D eigenvalue weighted by atomic mass is 35.5. The lowest BCUT2D eigenvalue weighted by atomic mass is 10.5. The molecule has 0 N–H and O–H groups in total. The van der Waals surface area contributed by atoms with E-state index in [1.54, 1.807) is 0 Å². The number of carbonyl (C=O) groups is 1. The SMILES string of the molecule is COC(=O)/C(Cl)=C/C(Cl)Cl. The first kappa shape index (κ1) is 10.1. The molecule has 5 heteroatoms. The van der Waals surface area contributed by atoms with Gasteiger partial charge in [-0.15, -0.1) is 23.2 Å². The highest BCUT2D eigenvalue weighted by Gasteiger charge is 2.06. The third kappa shape index (κ3) is 3.99. The van der Waals surface area contributed by atoms with Gasteiger partial charge in [0, 0.05) is 0 Å². The minimum Gasteiger partial charge on any atom is -0.465 e. The Labute approximate surface area is 73.7 Å². The number of carbonyl (C=O) groups excluding carboxylic acids is 1. The lowest BCUT2D eigenvalue weighted by molar-refractivity contribution is -0.135. The van der Waals surface area contributed by atoms with E-state index in [-0.39, 0.29) is 5.03 Å². The van der Waals surface area contributed by atoms with Gasteiger partial charge in [-0.3, -0.25) is 0 Å². The molecular weight excluding hydrogens is 198 g/mol. The Morgan fingerprint density at radius 3 is 2.40 bits per heavy atom. The van der Waals surface area contributed by atoms with Crippen molar-refractivity contribution in [1.82, 2.24) is 0 Å². The zero-order chi connectivity index (χ0) is 8.15. The van der Waals surface area contributed by atoms with Crippen molar-refractivity contribution < 1.29 is 9.53 Å². The number of alkyl halides is 2. The van der Waals surface area contributed by atoms with Gasteiger partial charge < -0.3 is 4.74 Å². The van der Waals surface area contributed by atoms with Crippen molar-refractivity contribution in [2.75, 3.05) is 7.11 Å². The highest BCUT2D eigenvalue weighted by Crippen LogP contribution is 2.11. The standard InChI is InChI=1S/C5H5Cl3O2/c1-10-5(9)3(6)2-4(7)8/h2,4H,1H3/b3-2-. The molecule has 58 valence electrons. The summed E-state index contributed by atoms with van der Waals surface area (Å²) in [6.07, 6.45) is 1.18. The molecular formula is C5H5Cl3O2. The van der Waals surface area contributed by atoms with Crippen molar-refractivity contribution in [3.63, 3.8) is 0 Å². The molecule has 0 amide bonds. The average Bonchev–Trinajstić information content (AvgIpc) is 1.85. The van der Waals surface area contributed by atoms with Gasteiger partial charge >= 0.3 is 5.97 Å². The molecule has 0 aromatic rings. The molecule has 0 saturated carbocycles. The van der Waals surface area contributed by atoms with E-state index in [0.29, 0.717) is 0 Å². The summed E-state index contributed by atoms with van der Waals surface area (Å²) in [6, 6.07) is 0. The minimum atomic E-state index is -0.786. The summed E-state index contributed by atoms with van der Waals surface area (Å²) < 4.78 is 4.26. The first-order chi connectivity index (χ1) is 4.57. The van der Waals surface area contributed by atoms with E-state index >= 15 is 0 Å². The van der Waals surface area contributed by atoms with Gasteiger partial charge in [0.15, 0.2) is 0 Å². The van der Waals surface area contributed by atoms with E-state index in [1.807, 2.05) is 0 Å². The largest absolute Gasteiger partial charge is 0.465 e. The maximum Gasteiger partial charge on any atom is 0.349 e. The quantitative estimate of drug-likeness (QED) is 0.390. The van der Waals surface area contributed by atoms with Crippen molar-refractivity contribution in [3.05, 3.63) is 11.1 Å². The molecule has 0 saturated heterocycles.